The zero-order valence-corrected chi connectivity index (χ0v) is 14.0. The summed E-state index contributed by atoms with van der Waals surface area (Å²) in [4.78, 5) is 12.2. The third kappa shape index (κ3) is 4.86. The van der Waals surface area contributed by atoms with Crippen LogP contribution in [0.3, 0.4) is 0 Å². The lowest BCUT2D eigenvalue weighted by molar-refractivity contribution is 0.102. The lowest BCUT2D eigenvalue weighted by atomic mass is 10.2. The average Bonchev–Trinajstić information content (AvgIpc) is 2.53. The summed E-state index contributed by atoms with van der Waals surface area (Å²) in [5.74, 6) is -0.131. The molecule has 2 aromatic carbocycles. The largest absolute Gasteiger partial charge is 0.385 e. The fraction of sp³-hybridized carbons (Fsp3) is 0.235. The van der Waals surface area contributed by atoms with Gasteiger partial charge in [-0.25, -0.2) is 0 Å². The fourth-order valence-electron chi connectivity index (χ4n) is 1.96. The van der Waals surface area contributed by atoms with Crippen molar-refractivity contribution in [2.75, 3.05) is 30.9 Å². The molecule has 0 saturated carbocycles. The molecule has 4 nitrogen and oxygen atoms in total. The molecule has 0 aliphatic rings. The third-order valence-corrected chi connectivity index (χ3v) is 3.81. The Morgan fingerprint density at radius 3 is 2.45 bits per heavy atom. The first kappa shape index (κ1) is 16.5. The Kier molecular flexibility index (Phi) is 6.43. The number of hydrogen-bond acceptors (Lipinski definition) is 3. The molecule has 5 heteroatoms. The van der Waals surface area contributed by atoms with Crippen molar-refractivity contribution in [1.82, 2.24) is 0 Å². The summed E-state index contributed by atoms with van der Waals surface area (Å²) in [6, 6.07) is 15.0. The number of methoxy groups -OCH3 is 1. The molecule has 116 valence electrons. The Morgan fingerprint density at radius 1 is 1.09 bits per heavy atom. The fourth-order valence-corrected chi connectivity index (χ4v) is 2.43. The summed E-state index contributed by atoms with van der Waals surface area (Å²) in [7, 11) is 1.70. The molecule has 0 aliphatic carbocycles. The Morgan fingerprint density at radius 2 is 1.77 bits per heavy atom. The van der Waals surface area contributed by atoms with Gasteiger partial charge in [0.05, 0.1) is 5.56 Å². The lowest BCUT2D eigenvalue weighted by Gasteiger charge is -2.09. The molecule has 0 atom stereocenters. The number of rotatable bonds is 7. The number of carbonyl (C=O) groups excluding carboxylic acids is 1. The van der Waals surface area contributed by atoms with E-state index >= 15 is 0 Å². The molecule has 0 fully saturated rings. The maximum Gasteiger partial charge on any atom is 0.256 e. The van der Waals surface area contributed by atoms with Crippen LogP contribution in [0, 0.1) is 0 Å². The molecule has 0 unspecified atom stereocenters. The molecule has 2 aromatic rings. The Bertz CT molecular complexity index is 614. The topological polar surface area (TPSA) is 50.4 Å². The predicted octanol–water partition coefficient (Wildman–Crippen LogP) is 4.15. The number of amides is 1. The highest BCUT2D eigenvalue weighted by Crippen LogP contribution is 2.19. The van der Waals surface area contributed by atoms with Crippen LogP contribution in [0.1, 0.15) is 16.8 Å². The first-order valence-corrected chi connectivity index (χ1v) is 7.89. The second-order valence-electron chi connectivity index (χ2n) is 4.78. The SMILES string of the molecule is COCCCNc1ccc(NC(=O)c2ccccc2Br)cc1. The molecule has 0 saturated heterocycles. The van der Waals surface area contributed by atoms with E-state index in [2.05, 4.69) is 26.6 Å². The van der Waals surface area contributed by atoms with Crippen molar-refractivity contribution < 1.29 is 9.53 Å². The number of nitrogens with one attached hydrogen (secondary N) is 2. The van der Waals surface area contributed by atoms with Crippen LogP contribution < -0.4 is 10.6 Å². The zero-order valence-electron chi connectivity index (χ0n) is 12.4. The second-order valence-corrected chi connectivity index (χ2v) is 5.64. The van der Waals surface area contributed by atoms with Crippen LogP contribution in [-0.2, 0) is 4.74 Å². The maximum absolute atomic E-state index is 12.2. The van der Waals surface area contributed by atoms with Crippen molar-refractivity contribution in [3.8, 4) is 0 Å². The van der Waals surface area contributed by atoms with Gasteiger partial charge < -0.3 is 15.4 Å². The van der Waals surface area contributed by atoms with Gasteiger partial charge in [0.1, 0.15) is 0 Å². The molecule has 1 amide bonds. The Hall–Kier alpha value is -1.85. The highest BCUT2D eigenvalue weighted by Gasteiger charge is 2.09. The standard InChI is InChI=1S/C17H19BrN2O2/c1-22-12-4-11-19-13-7-9-14(10-8-13)20-17(21)15-5-2-3-6-16(15)18/h2-3,5-10,19H,4,11-12H2,1H3,(H,20,21). The monoisotopic (exact) mass is 362 g/mol. The van der Waals surface area contributed by atoms with Gasteiger partial charge in [-0.3, -0.25) is 4.79 Å². The van der Waals surface area contributed by atoms with Crippen LogP contribution in [0.15, 0.2) is 53.0 Å². The van der Waals surface area contributed by atoms with Crippen LogP contribution >= 0.6 is 15.9 Å². The summed E-state index contributed by atoms with van der Waals surface area (Å²) < 4.78 is 5.78. The molecule has 0 aromatic heterocycles. The zero-order chi connectivity index (χ0) is 15.8. The van der Waals surface area contributed by atoms with Gasteiger partial charge in [0, 0.05) is 36.1 Å². The number of carbonyl (C=O) groups is 1. The van der Waals surface area contributed by atoms with Crippen LogP contribution in [-0.4, -0.2) is 26.2 Å². The van der Waals surface area contributed by atoms with Gasteiger partial charge in [-0.1, -0.05) is 12.1 Å². The first-order valence-electron chi connectivity index (χ1n) is 7.09. The summed E-state index contributed by atoms with van der Waals surface area (Å²) >= 11 is 3.38. The molecule has 2 rings (SSSR count). The molecule has 0 bridgehead atoms. The summed E-state index contributed by atoms with van der Waals surface area (Å²) in [6.45, 7) is 1.60. The van der Waals surface area contributed by atoms with Crippen molar-refractivity contribution in [3.63, 3.8) is 0 Å². The number of ether oxygens (including phenoxy) is 1. The molecule has 22 heavy (non-hydrogen) atoms. The highest BCUT2D eigenvalue weighted by molar-refractivity contribution is 9.10. The Labute approximate surface area is 139 Å². The van der Waals surface area contributed by atoms with Crippen LogP contribution in [0.25, 0.3) is 0 Å². The lowest BCUT2D eigenvalue weighted by Crippen LogP contribution is -2.12. The first-order chi connectivity index (χ1) is 10.7. The number of anilines is 2. The molecule has 0 aliphatic heterocycles. The van der Waals surface area contributed by atoms with Gasteiger partial charge in [-0.15, -0.1) is 0 Å². The van der Waals surface area contributed by atoms with Crippen molar-refractivity contribution in [3.05, 3.63) is 58.6 Å². The predicted molar refractivity (Wildman–Crippen MR) is 93.5 cm³/mol. The molecule has 0 spiro atoms. The minimum atomic E-state index is -0.131. The van der Waals surface area contributed by atoms with E-state index < -0.39 is 0 Å². The Balaban J connectivity index is 1.91. The van der Waals surface area contributed by atoms with Crippen molar-refractivity contribution in [2.24, 2.45) is 0 Å². The van der Waals surface area contributed by atoms with Gasteiger partial charge in [0.2, 0.25) is 0 Å². The summed E-state index contributed by atoms with van der Waals surface area (Å²) in [6.07, 6.45) is 0.955. The number of hydrogen-bond donors (Lipinski definition) is 2. The van der Waals surface area contributed by atoms with Crippen molar-refractivity contribution >= 4 is 33.2 Å². The van der Waals surface area contributed by atoms with Gasteiger partial charge in [-0.05, 0) is 58.7 Å². The number of benzene rings is 2. The summed E-state index contributed by atoms with van der Waals surface area (Å²) in [5, 5.41) is 6.19. The van der Waals surface area contributed by atoms with E-state index in [-0.39, 0.29) is 5.91 Å². The van der Waals surface area contributed by atoms with E-state index in [1.54, 1.807) is 13.2 Å². The summed E-state index contributed by atoms with van der Waals surface area (Å²) in [5.41, 5.74) is 2.41. The van der Waals surface area contributed by atoms with Gasteiger partial charge in [0.25, 0.3) is 5.91 Å². The third-order valence-electron chi connectivity index (χ3n) is 3.12. The van der Waals surface area contributed by atoms with Gasteiger partial charge in [-0.2, -0.15) is 0 Å². The van der Waals surface area contributed by atoms with E-state index in [4.69, 9.17) is 4.74 Å². The quantitative estimate of drug-likeness (QED) is 0.727. The molecule has 2 N–H and O–H groups in total. The van der Waals surface area contributed by atoms with Crippen molar-refractivity contribution in [2.45, 2.75) is 6.42 Å². The average molecular weight is 363 g/mol. The smallest absolute Gasteiger partial charge is 0.256 e. The van der Waals surface area contributed by atoms with E-state index in [9.17, 15) is 4.79 Å². The molecule has 0 heterocycles. The van der Waals surface area contributed by atoms with E-state index in [1.165, 1.54) is 0 Å². The van der Waals surface area contributed by atoms with Crippen molar-refractivity contribution in [1.29, 1.82) is 0 Å². The molecular weight excluding hydrogens is 344 g/mol. The normalized spacial score (nSPS) is 10.3. The second kappa shape index (κ2) is 8.56. The minimum absolute atomic E-state index is 0.131. The van der Waals surface area contributed by atoms with E-state index in [0.717, 1.165) is 35.4 Å². The molecular formula is C17H19BrN2O2. The van der Waals surface area contributed by atoms with E-state index in [1.807, 2.05) is 42.5 Å². The highest BCUT2D eigenvalue weighted by atomic mass is 79.9. The van der Waals surface area contributed by atoms with Gasteiger partial charge >= 0.3 is 0 Å². The van der Waals surface area contributed by atoms with Crippen LogP contribution in [0.2, 0.25) is 0 Å². The van der Waals surface area contributed by atoms with Crippen LogP contribution in [0.5, 0.6) is 0 Å². The maximum atomic E-state index is 12.2. The minimum Gasteiger partial charge on any atom is -0.385 e. The van der Waals surface area contributed by atoms with Crippen LogP contribution in [0.4, 0.5) is 11.4 Å². The molecule has 0 radical (unpaired) electrons. The number of halogens is 1. The van der Waals surface area contributed by atoms with E-state index in [0.29, 0.717) is 5.56 Å². The van der Waals surface area contributed by atoms with Gasteiger partial charge in [0.15, 0.2) is 0 Å².